The zero-order chi connectivity index (χ0) is 19.5. The van der Waals surface area contributed by atoms with Crippen LogP contribution in [0.25, 0.3) is 0 Å². The maximum Gasteiger partial charge on any atom is 0.254 e. The van der Waals surface area contributed by atoms with E-state index in [0.717, 1.165) is 25.9 Å². The summed E-state index contributed by atoms with van der Waals surface area (Å²) in [5, 5.41) is 3.02. The maximum absolute atomic E-state index is 12.9. The van der Waals surface area contributed by atoms with E-state index in [9.17, 15) is 9.59 Å². The second kappa shape index (κ2) is 8.39. The summed E-state index contributed by atoms with van der Waals surface area (Å²) in [6, 6.07) is 5.27. The van der Waals surface area contributed by atoms with Crippen LogP contribution in [0.4, 0.5) is 0 Å². The molecule has 4 rings (SSSR count). The summed E-state index contributed by atoms with van der Waals surface area (Å²) in [6.07, 6.45) is 4.67. The number of likely N-dealkylation sites (N-methyl/N-ethyl adjacent to an activating group) is 1. The number of nitrogens with one attached hydrogen (secondary N) is 1. The molecule has 7 nitrogen and oxygen atoms in total. The zero-order valence-electron chi connectivity index (χ0n) is 16.5. The summed E-state index contributed by atoms with van der Waals surface area (Å²) in [5.41, 5.74) is 0.619. The first-order valence-electron chi connectivity index (χ1n) is 10.4. The number of carbonyl (C=O) groups is 2. The van der Waals surface area contributed by atoms with Gasteiger partial charge in [0.25, 0.3) is 5.91 Å². The largest absolute Gasteiger partial charge is 0.454 e. The fourth-order valence-electron chi connectivity index (χ4n) is 4.65. The van der Waals surface area contributed by atoms with Crippen LogP contribution in [0.2, 0.25) is 0 Å². The zero-order valence-corrected chi connectivity index (χ0v) is 16.5. The van der Waals surface area contributed by atoms with E-state index in [1.54, 1.807) is 18.2 Å². The maximum atomic E-state index is 12.9. The van der Waals surface area contributed by atoms with E-state index >= 15 is 0 Å². The van der Waals surface area contributed by atoms with Crippen molar-refractivity contribution in [1.82, 2.24) is 15.1 Å². The van der Waals surface area contributed by atoms with Gasteiger partial charge in [-0.05, 0) is 43.9 Å². The third kappa shape index (κ3) is 3.81. The van der Waals surface area contributed by atoms with Crippen molar-refractivity contribution in [2.24, 2.45) is 5.92 Å². The Labute approximate surface area is 166 Å². The first kappa shape index (κ1) is 19.1. The van der Waals surface area contributed by atoms with Gasteiger partial charge in [-0.25, -0.2) is 0 Å². The number of amides is 2. The molecule has 2 aliphatic heterocycles. The lowest BCUT2D eigenvalue weighted by Gasteiger charge is -2.40. The summed E-state index contributed by atoms with van der Waals surface area (Å²) in [7, 11) is 0. The Kier molecular flexibility index (Phi) is 5.71. The molecule has 152 valence electrons. The molecular formula is C21H29N3O4. The van der Waals surface area contributed by atoms with Gasteiger partial charge >= 0.3 is 0 Å². The number of hydrogen-bond donors (Lipinski definition) is 1. The molecule has 2 amide bonds. The SMILES string of the molecule is CCNC(=O)[C@@H](C1CCCC1)N1CCN(C(=O)c2ccc3c(c2)OCO3)CC1. The molecule has 0 bridgehead atoms. The van der Waals surface area contributed by atoms with Crippen molar-refractivity contribution >= 4 is 11.8 Å². The molecule has 2 heterocycles. The van der Waals surface area contributed by atoms with E-state index < -0.39 is 0 Å². The number of fused-ring (bicyclic) bond motifs is 1. The van der Waals surface area contributed by atoms with E-state index in [1.807, 2.05) is 11.8 Å². The van der Waals surface area contributed by atoms with Gasteiger partial charge in [0.1, 0.15) is 0 Å². The highest BCUT2D eigenvalue weighted by atomic mass is 16.7. The number of carbonyl (C=O) groups excluding carboxylic acids is 2. The van der Waals surface area contributed by atoms with Crippen LogP contribution >= 0.6 is 0 Å². The van der Waals surface area contributed by atoms with Crippen LogP contribution in [0.15, 0.2) is 18.2 Å². The minimum atomic E-state index is -0.0646. The minimum absolute atomic E-state index is 0.00776. The molecule has 0 radical (unpaired) electrons. The van der Waals surface area contributed by atoms with E-state index in [-0.39, 0.29) is 24.6 Å². The quantitative estimate of drug-likeness (QED) is 0.835. The molecular weight excluding hydrogens is 358 g/mol. The fraction of sp³-hybridized carbons (Fsp3) is 0.619. The summed E-state index contributed by atoms with van der Waals surface area (Å²) in [4.78, 5) is 29.8. The van der Waals surface area contributed by atoms with Crippen LogP contribution in [-0.4, -0.2) is 67.2 Å². The molecule has 28 heavy (non-hydrogen) atoms. The van der Waals surface area contributed by atoms with Crippen LogP contribution in [0, 0.1) is 5.92 Å². The Morgan fingerprint density at radius 1 is 1.11 bits per heavy atom. The van der Waals surface area contributed by atoms with E-state index in [2.05, 4.69) is 10.2 Å². The molecule has 2 fully saturated rings. The Morgan fingerprint density at radius 3 is 2.54 bits per heavy atom. The smallest absolute Gasteiger partial charge is 0.254 e. The molecule has 1 aromatic carbocycles. The highest BCUT2D eigenvalue weighted by Gasteiger charge is 2.37. The Hall–Kier alpha value is -2.28. The molecule has 3 aliphatic rings. The van der Waals surface area contributed by atoms with E-state index in [0.29, 0.717) is 42.6 Å². The van der Waals surface area contributed by atoms with Crippen molar-refractivity contribution in [3.8, 4) is 11.5 Å². The summed E-state index contributed by atoms with van der Waals surface area (Å²) >= 11 is 0. The Morgan fingerprint density at radius 2 is 1.82 bits per heavy atom. The first-order valence-corrected chi connectivity index (χ1v) is 10.4. The van der Waals surface area contributed by atoms with Crippen LogP contribution in [0.5, 0.6) is 11.5 Å². The molecule has 0 spiro atoms. The fourth-order valence-corrected chi connectivity index (χ4v) is 4.65. The highest BCUT2D eigenvalue weighted by molar-refractivity contribution is 5.95. The lowest BCUT2D eigenvalue weighted by Crippen LogP contribution is -2.58. The Balaban J connectivity index is 1.40. The third-order valence-electron chi connectivity index (χ3n) is 6.08. The third-order valence-corrected chi connectivity index (χ3v) is 6.08. The average molecular weight is 387 g/mol. The topological polar surface area (TPSA) is 71.1 Å². The number of hydrogen-bond acceptors (Lipinski definition) is 5. The minimum Gasteiger partial charge on any atom is -0.454 e. The van der Waals surface area contributed by atoms with Crippen molar-refractivity contribution in [2.45, 2.75) is 38.6 Å². The lowest BCUT2D eigenvalue weighted by molar-refractivity contribution is -0.129. The predicted molar refractivity (Wildman–Crippen MR) is 104 cm³/mol. The monoisotopic (exact) mass is 387 g/mol. The molecule has 1 saturated carbocycles. The van der Waals surface area contributed by atoms with Gasteiger partial charge in [-0.15, -0.1) is 0 Å². The second-order valence-electron chi connectivity index (χ2n) is 7.78. The van der Waals surface area contributed by atoms with Crippen molar-refractivity contribution in [3.05, 3.63) is 23.8 Å². The van der Waals surface area contributed by atoms with Crippen LogP contribution in [-0.2, 0) is 4.79 Å². The molecule has 1 atom stereocenters. The molecule has 7 heteroatoms. The van der Waals surface area contributed by atoms with Crippen molar-refractivity contribution in [3.63, 3.8) is 0 Å². The molecule has 1 saturated heterocycles. The lowest BCUT2D eigenvalue weighted by atomic mass is 9.95. The molecule has 0 unspecified atom stereocenters. The molecule has 1 aliphatic carbocycles. The van der Waals surface area contributed by atoms with E-state index in [1.165, 1.54) is 12.8 Å². The van der Waals surface area contributed by atoms with Crippen molar-refractivity contribution < 1.29 is 19.1 Å². The van der Waals surface area contributed by atoms with Crippen molar-refractivity contribution in [2.75, 3.05) is 39.5 Å². The first-order chi connectivity index (χ1) is 13.7. The number of ether oxygens (including phenoxy) is 2. The van der Waals surface area contributed by atoms with Crippen molar-refractivity contribution in [1.29, 1.82) is 0 Å². The number of benzene rings is 1. The Bertz CT molecular complexity index is 724. The van der Waals surface area contributed by atoms with Gasteiger partial charge in [-0.1, -0.05) is 12.8 Å². The second-order valence-corrected chi connectivity index (χ2v) is 7.78. The molecule has 1 aromatic rings. The van der Waals surface area contributed by atoms with Gasteiger partial charge < -0.3 is 19.7 Å². The van der Waals surface area contributed by atoms with Gasteiger partial charge in [0.05, 0.1) is 6.04 Å². The summed E-state index contributed by atoms with van der Waals surface area (Å²) in [6.45, 7) is 5.55. The van der Waals surface area contributed by atoms with E-state index in [4.69, 9.17) is 9.47 Å². The van der Waals surface area contributed by atoms with Gasteiger partial charge in [-0.2, -0.15) is 0 Å². The summed E-state index contributed by atoms with van der Waals surface area (Å²) < 4.78 is 10.7. The normalized spacial score (nSPS) is 21.0. The van der Waals surface area contributed by atoms with Gasteiger partial charge in [0, 0.05) is 38.3 Å². The predicted octanol–water partition coefficient (Wildman–Crippen LogP) is 1.87. The summed E-state index contributed by atoms with van der Waals surface area (Å²) in [5.74, 6) is 1.89. The van der Waals surface area contributed by atoms with Gasteiger partial charge in [-0.3, -0.25) is 14.5 Å². The standard InChI is InChI=1S/C21H29N3O4/c1-2-22-20(25)19(15-5-3-4-6-15)23-9-11-24(12-10-23)21(26)16-7-8-17-18(13-16)28-14-27-17/h7-8,13,15,19H,2-6,9-12,14H2,1H3,(H,22,25)/t19-/m1/s1. The van der Waals surface area contributed by atoms with Gasteiger partial charge in [0.15, 0.2) is 11.5 Å². The number of piperazine rings is 1. The number of nitrogens with zero attached hydrogens (tertiary/aromatic N) is 2. The van der Waals surface area contributed by atoms with Crippen LogP contribution < -0.4 is 14.8 Å². The average Bonchev–Trinajstić information content (AvgIpc) is 3.40. The highest BCUT2D eigenvalue weighted by Crippen LogP contribution is 2.33. The molecule has 1 N–H and O–H groups in total. The van der Waals surface area contributed by atoms with Gasteiger partial charge in [0.2, 0.25) is 12.7 Å². The molecule has 0 aromatic heterocycles. The number of rotatable bonds is 5. The van der Waals surface area contributed by atoms with Crippen LogP contribution in [0.3, 0.4) is 0 Å². The van der Waals surface area contributed by atoms with Crippen LogP contribution in [0.1, 0.15) is 43.0 Å².